The molecule has 1 aromatic heterocycles. The summed E-state index contributed by atoms with van der Waals surface area (Å²) in [5.41, 5.74) is 3.69. The van der Waals surface area contributed by atoms with Gasteiger partial charge in [-0.3, -0.25) is 10.1 Å². The summed E-state index contributed by atoms with van der Waals surface area (Å²) in [7, 11) is 0. The maximum absolute atomic E-state index is 12.5. The van der Waals surface area contributed by atoms with E-state index in [-0.39, 0.29) is 11.3 Å². The highest BCUT2D eigenvalue weighted by Gasteiger charge is 2.20. The molecule has 3 aromatic rings. The lowest BCUT2D eigenvalue weighted by molar-refractivity contribution is -0.384. The molecule has 0 atom stereocenters. The van der Waals surface area contributed by atoms with Crippen molar-refractivity contribution in [1.29, 1.82) is 0 Å². The molecule has 202 valence electrons. The molecule has 2 aliphatic heterocycles. The van der Waals surface area contributed by atoms with E-state index in [0.717, 1.165) is 25.9 Å². The maximum Gasteiger partial charge on any atom is 0.343 e. The molecule has 5 rings (SSSR count). The number of morpholine rings is 1. The predicted octanol–water partition coefficient (Wildman–Crippen LogP) is 3.27. The fourth-order valence-corrected chi connectivity index (χ4v) is 4.25. The Labute approximate surface area is 224 Å². The zero-order chi connectivity index (χ0) is 27.0. The van der Waals surface area contributed by atoms with Crippen molar-refractivity contribution in [1.82, 2.24) is 15.0 Å². The Balaban J connectivity index is 1.27. The van der Waals surface area contributed by atoms with Crippen LogP contribution in [0.5, 0.6) is 5.75 Å². The van der Waals surface area contributed by atoms with E-state index in [1.165, 1.54) is 30.7 Å². The number of benzene rings is 2. The molecule has 0 radical (unpaired) electrons. The first kappa shape index (κ1) is 26.0. The van der Waals surface area contributed by atoms with Gasteiger partial charge in [0.05, 0.1) is 29.9 Å². The van der Waals surface area contributed by atoms with Crippen molar-refractivity contribution in [2.75, 3.05) is 54.6 Å². The van der Waals surface area contributed by atoms with Crippen molar-refractivity contribution in [2.24, 2.45) is 5.10 Å². The number of aromatic nitrogens is 3. The van der Waals surface area contributed by atoms with Crippen LogP contribution in [-0.4, -0.2) is 71.5 Å². The molecule has 0 amide bonds. The Kier molecular flexibility index (Phi) is 8.17. The van der Waals surface area contributed by atoms with Gasteiger partial charge in [0.2, 0.25) is 17.8 Å². The first-order valence-electron chi connectivity index (χ1n) is 12.7. The van der Waals surface area contributed by atoms with Gasteiger partial charge >= 0.3 is 5.97 Å². The molecule has 2 aliphatic rings. The largest absolute Gasteiger partial charge is 0.423 e. The number of ether oxygens (including phenoxy) is 2. The molecule has 0 spiro atoms. The molecule has 0 aliphatic carbocycles. The average molecular weight is 533 g/mol. The SMILES string of the molecule is O=C(Oc1cccc(/C=N\Nc2nc(N3CCCCC3)nc(N3CCOCC3)n2)c1)c1ccc([N+](=O)[O-])cc1. The van der Waals surface area contributed by atoms with Gasteiger partial charge in [-0.1, -0.05) is 12.1 Å². The van der Waals surface area contributed by atoms with E-state index in [1.54, 1.807) is 30.5 Å². The standard InChI is InChI=1S/C26H28N8O5/c35-23(20-7-9-21(10-8-20)34(36)37)39-22-6-4-5-19(17-22)18-27-31-24-28-25(32-11-2-1-3-12-32)30-26(29-24)33-13-15-38-16-14-33/h4-10,17-18H,1-3,11-16H2,(H,28,29,30,31)/b27-18-. The lowest BCUT2D eigenvalue weighted by Gasteiger charge is -2.30. The zero-order valence-electron chi connectivity index (χ0n) is 21.2. The number of nitro groups is 1. The van der Waals surface area contributed by atoms with Gasteiger partial charge in [-0.15, -0.1) is 0 Å². The lowest BCUT2D eigenvalue weighted by Crippen LogP contribution is -2.38. The van der Waals surface area contributed by atoms with Gasteiger partial charge in [-0.25, -0.2) is 10.2 Å². The number of piperidine rings is 1. The normalized spacial score (nSPS) is 15.8. The van der Waals surface area contributed by atoms with E-state index in [0.29, 0.717) is 55.5 Å². The Morgan fingerprint density at radius 2 is 1.67 bits per heavy atom. The van der Waals surface area contributed by atoms with Crippen LogP contribution in [0.1, 0.15) is 35.2 Å². The minimum Gasteiger partial charge on any atom is -0.423 e. The summed E-state index contributed by atoms with van der Waals surface area (Å²) in [6.45, 7) is 4.46. The smallest absolute Gasteiger partial charge is 0.343 e. The molecular weight excluding hydrogens is 504 g/mol. The van der Waals surface area contributed by atoms with Gasteiger partial charge < -0.3 is 19.3 Å². The summed E-state index contributed by atoms with van der Waals surface area (Å²) in [5, 5.41) is 15.1. The third-order valence-corrected chi connectivity index (χ3v) is 6.31. The number of hydrazone groups is 1. The Hall–Kier alpha value is -4.65. The number of hydrogen-bond acceptors (Lipinski definition) is 12. The quantitative estimate of drug-likeness (QED) is 0.150. The second kappa shape index (κ2) is 12.3. The molecule has 2 aromatic carbocycles. The minimum atomic E-state index is -0.622. The predicted molar refractivity (Wildman–Crippen MR) is 145 cm³/mol. The van der Waals surface area contributed by atoms with Crippen LogP contribution in [0.2, 0.25) is 0 Å². The monoisotopic (exact) mass is 532 g/mol. The summed E-state index contributed by atoms with van der Waals surface area (Å²) < 4.78 is 10.9. The van der Waals surface area contributed by atoms with E-state index in [1.807, 2.05) is 0 Å². The third-order valence-electron chi connectivity index (χ3n) is 6.31. The number of non-ortho nitro benzene ring substituents is 1. The number of hydrogen-bond donors (Lipinski definition) is 1. The fourth-order valence-electron chi connectivity index (χ4n) is 4.25. The number of nitrogens with one attached hydrogen (secondary N) is 1. The van der Waals surface area contributed by atoms with Crippen molar-refractivity contribution in [3.63, 3.8) is 0 Å². The van der Waals surface area contributed by atoms with Gasteiger partial charge in [-0.2, -0.15) is 20.1 Å². The number of esters is 1. The van der Waals surface area contributed by atoms with E-state index >= 15 is 0 Å². The lowest BCUT2D eigenvalue weighted by atomic mass is 10.1. The van der Waals surface area contributed by atoms with Crippen LogP contribution in [0.4, 0.5) is 23.5 Å². The first-order valence-corrected chi connectivity index (χ1v) is 12.7. The zero-order valence-corrected chi connectivity index (χ0v) is 21.2. The molecule has 0 saturated carbocycles. The number of anilines is 3. The second-order valence-electron chi connectivity index (χ2n) is 9.04. The molecule has 13 nitrogen and oxygen atoms in total. The third kappa shape index (κ3) is 6.82. The topological polar surface area (TPSA) is 148 Å². The fraction of sp³-hybridized carbons (Fsp3) is 0.346. The van der Waals surface area contributed by atoms with Crippen LogP contribution in [0.25, 0.3) is 0 Å². The molecule has 39 heavy (non-hydrogen) atoms. The van der Waals surface area contributed by atoms with E-state index in [2.05, 4.69) is 30.3 Å². The Morgan fingerprint density at radius 3 is 2.36 bits per heavy atom. The minimum absolute atomic E-state index is 0.101. The molecule has 2 saturated heterocycles. The van der Waals surface area contributed by atoms with Gasteiger partial charge in [0.15, 0.2) is 0 Å². The summed E-state index contributed by atoms with van der Waals surface area (Å²) in [5.74, 6) is 1.24. The van der Waals surface area contributed by atoms with E-state index in [9.17, 15) is 14.9 Å². The summed E-state index contributed by atoms with van der Waals surface area (Å²) in [4.78, 5) is 40.9. The summed E-state index contributed by atoms with van der Waals surface area (Å²) >= 11 is 0. The molecule has 13 heteroatoms. The molecule has 0 unspecified atom stereocenters. The van der Waals surface area contributed by atoms with Gasteiger partial charge in [0, 0.05) is 38.3 Å². The summed E-state index contributed by atoms with van der Waals surface area (Å²) in [6, 6.07) is 12.1. The van der Waals surface area contributed by atoms with Crippen LogP contribution >= 0.6 is 0 Å². The van der Waals surface area contributed by atoms with Crippen LogP contribution in [0.15, 0.2) is 53.6 Å². The highest BCUT2D eigenvalue weighted by molar-refractivity contribution is 5.91. The highest BCUT2D eigenvalue weighted by Crippen LogP contribution is 2.21. The highest BCUT2D eigenvalue weighted by atomic mass is 16.6. The number of carbonyl (C=O) groups is 1. The van der Waals surface area contributed by atoms with Crippen molar-refractivity contribution in [3.05, 3.63) is 69.8 Å². The molecule has 3 heterocycles. The number of nitrogens with zero attached hydrogens (tertiary/aromatic N) is 7. The van der Waals surface area contributed by atoms with Crippen LogP contribution in [0, 0.1) is 10.1 Å². The Bertz CT molecular complexity index is 1300. The maximum atomic E-state index is 12.5. The number of carbonyl (C=O) groups excluding carboxylic acids is 1. The van der Waals surface area contributed by atoms with Crippen LogP contribution < -0.4 is 20.0 Å². The van der Waals surface area contributed by atoms with E-state index < -0.39 is 10.9 Å². The molecule has 1 N–H and O–H groups in total. The number of nitro benzene ring substituents is 1. The van der Waals surface area contributed by atoms with Crippen molar-refractivity contribution >= 4 is 35.7 Å². The summed E-state index contributed by atoms with van der Waals surface area (Å²) in [6.07, 6.45) is 4.98. The molecule has 0 bridgehead atoms. The molecule has 2 fully saturated rings. The second-order valence-corrected chi connectivity index (χ2v) is 9.04. The van der Waals surface area contributed by atoms with Gasteiger partial charge in [0.1, 0.15) is 5.75 Å². The van der Waals surface area contributed by atoms with Crippen LogP contribution in [-0.2, 0) is 4.74 Å². The average Bonchev–Trinajstić information content (AvgIpc) is 2.98. The number of rotatable bonds is 8. The first-order chi connectivity index (χ1) is 19.0. The van der Waals surface area contributed by atoms with Crippen molar-refractivity contribution in [3.8, 4) is 5.75 Å². The van der Waals surface area contributed by atoms with Crippen LogP contribution in [0.3, 0.4) is 0 Å². The Morgan fingerprint density at radius 1 is 0.974 bits per heavy atom. The van der Waals surface area contributed by atoms with E-state index in [4.69, 9.17) is 14.5 Å². The van der Waals surface area contributed by atoms with Crippen molar-refractivity contribution < 1.29 is 19.2 Å². The molecular formula is C26H28N8O5. The van der Waals surface area contributed by atoms with Crippen molar-refractivity contribution in [2.45, 2.75) is 19.3 Å². The van der Waals surface area contributed by atoms with Gasteiger partial charge in [0.25, 0.3) is 5.69 Å². The van der Waals surface area contributed by atoms with Gasteiger partial charge in [-0.05, 0) is 49.1 Å².